The standard InChI is InChI=1S/C20H46O2Si2/c1-17(2)13-14-20(18(3)4,15-21-23(8,9)10)16-22-24(11,12)19(5,6)7/h17-18H,13-16H2,1-12H3. The van der Waals surface area contributed by atoms with E-state index in [1.807, 2.05) is 0 Å². The summed E-state index contributed by atoms with van der Waals surface area (Å²) in [4.78, 5) is 0. The Hall–Kier alpha value is 0.354. The Morgan fingerprint density at radius 2 is 1.25 bits per heavy atom. The molecule has 0 amide bonds. The summed E-state index contributed by atoms with van der Waals surface area (Å²) >= 11 is 0. The van der Waals surface area contributed by atoms with E-state index >= 15 is 0 Å². The van der Waals surface area contributed by atoms with E-state index in [0.717, 1.165) is 19.1 Å². The van der Waals surface area contributed by atoms with E-state index in [1.165, 1.54) is 12.8 Å². The molecule has 2 nitrogen and oxygen atoms in total. The normalized spacial score (nSPS) is 16.8. The van der Waals surface area contributed by atoms with E-state index in [2.05, 4.69) is 81.2 Å². The van der Waals surface area contributed by atoms with Gasteiger partial charge in [0, 0.05) is 18.6 Å². The molecule has 0 fully saturated rings. The van der Waals surface area contributed by atoms with Crippen LogP contribution in [0.1, 0.15) is 61.3 Å². The van der Waals surface area contributed by atoms with Crippen molar-refractivity contribution in [2.24, 2.45) is 17.3 Å². The van der Waals surface area contributed by atoms with Crippen molar-refractivity contribution >= 4 is 16.6 Å². The van der Waals surface area contributed by atoms with E-state index in [0.29, 0.717) is 5.92 Å². The van der Waals surface area contributed by atoms with Crippen molar-refractivity contribution < 1.29 is 8.85 Å². The van der Waals surface area contributed by atoms with Crippen molar-refractivity contribution in [2.45, 2.75) is 99.1 Å². The molecule has 0 aliphatic heterocycles. The molecule has 0 aliphatic rings. The predicted molar refractivity (Wildman–Crippen MR) is 114 cm³/mol. The lowest BCUT2D eigenvalue weighted by molar-refractivity contribution is 0.0165. The van der Waals surface area contributed by atoms with E-state index in [4.69, 9.17) is 8.85 Å². The van der Waals surface area contributed by atoms with E-state index in [-0.39, 0.29) is 10.5 Å². The summed E-state index contributed by atoms with van der Waals surface area (Å²) in [5, 5.41) is 0.257. The Balaban J connectivity index is 5.33. The van der Waals surface area contributed by atoms with Crippen LogP contribution in [0.5, 0.6) is 0 Å². The number of hydrogen-bond acceptors (Lipinski definition) is 2. The molecule has 146 valence electrons. The second-order valence-electron chi connectivity index (χ2n) is 10.9. The Morgan fingerprint density at radius 3 is 1.58 bits per heavy atom. The van der Waals surface area contributed by atoms with Crippen LogP contribution in [0.15, 0.2) is 0 Å². The Morgan fingerprint density at radius 1 is 0.792 bits per heavy atom. The van der Waals surface area contributed by atoms with Gasteiger partial charge in [-0.2, -0.15) is 0 Å². The fourth-order valence-electron chi connectivity index (χ4n) is 2.29. The molecule has 0 aromatic carbocycles. The third-order valence-corrected chi connectivity index (χ3v) is 11.3. The highest BCUT2D eigenvalue weighted by Crippen LogP contribution is 2.41. The Kier molecular flexibility index (Phi) is 8.96. The van der Waals surface area contributed by atoms with E-state index in [1.54, 1.807) is 0 Å². The summed E-state index contributed by atoms with van der Waals surface area (Å²) < 4.78 is 13.1. The molecule has 0 rings (SSSR count). The fourth-order valence-corrected chi connectivity index (χ4v) is 4.09. The van der Waals surface area contributed by atoms with Crippen LogP contribution in [0.3, 0.4) is 0 Å². The summed E-state index contributed by atoms with van der Waals surface area (Å²) in [6.45, 7) is 29.6. The lowest BCUT2D eigenvalue weighted by atomic mass is 9.74. The summed E-state index contributed by atoms with van der Waals surface area (Å²) in [6, 6.07) is 0. The molecule has 0 radical (unpaired) electrons. The van der Waals surface area contributed by atoms with E-state index in [9.17, 15) is 0 Å². The quantitative estimate of drug-likeness (QED) is 0.386. The minimum absolute atomic E-state index is 0.139. The summed E-state index contributed by atoms with van der Waals surface area (Å²) in [6.07, 6.45) is 2.44. The highest BCUT2D eigenvalue weighted by Gasteiger charge is 2.42. The predicted octanol–water partition coefficient (Wildman–Crippen LogP) is 6.94. The van der Waals surface area contributed by atoms with Crippen LogP contribution in [0.4, 0.5) is 0 Å². The average Bonchev–Trinajstić information content (AvgIpc) is 2.35. The minimum atomic E-state index is -1.74. The van der Waals surface area contributed by atoms with Crippen molar-refractivity contribution in [3.05, 3.63) is 0 Å². The van der Waals surface area contributed by atoms with Gasteiger partial charge in [-0.1, -0.05) is 54.9 Å². The molecule has 0 saturated carbocycles. The first-order valence-corrected chi connectivity index (χ1v) is 16.1. The first-order valence-electron chi connectivity index (χ1n) is 9.80. The first-order chi connectivity index (χ1) is 10.5. The summed E-state index contributed by atoms with van der Waals surface area (Å²) in [5.74, 6) is 1.29. The maximum Gasteiger partial charge on any atom is 0.192 e. The molecule has 0 aromatic heterocycles. The van der Waals surface area contributed by atoms with Gasteiger partial charge < -0.3 is 8.85 Å². The number of hydrogen-bond donors (Lipinski definition) is 0. The van der Waals surface area contributed by atoms with Gasteiger partial charge in [0.1, 0.15) is 0 Å². The van der Waals surface area contributed by atoms with E-state index < -0.39 is 16.6 Å². The van der Waals surface area contributed by atoms with Gasteiger partial charge in [0.2, 0.25) is 0 Å². The molecule has 24 heavy (non-hydrogen) atoms. The van der Waals surface area contributed by atoms with Gasteiger partial charge in [-0.15, -0.1) is 0 Å². The lowest BCUT2D eigenvalue weighted by Gasteiger charge is -2.44. The van der Waals surface area contributed by atoms with Gasteiger partial charge in [0.25, 0.3) is 0 Å². The van der Waals surface area contributed by atoms with Crippen LogP contribution < -0.4 is 0 Å². The maximum absolute atomic E-state index is 6.69. The topological polar surface area (TPSA) is 18.5 Å². The maximum atomic E-state index is 6.69. The van der Waals surface area contributed by atoms with Crippen LogP contribution in [0.2, 0.25) is 37.8 Å². The van der Waals surface area contributed by atoms with Gasteiger partial charge in [-0.05, 0) is 56.0 Å². The van der Waals surface area contributed by atoms with Crippen molar-refractivity contribution in [1.82, 2.24) is 0 Å². The number of rotatable bonds is 10. The molecular weight excluding hydrogens is 328 g/mol. The molecule has 0 saturated heterocycles. The van der Waals surface area contributed by atoms with Gasteiger partial charge in [-0.25, -0.2) is 0 Å². The summed E-state index contributed by atoms with van der Waals surface area (Å²) in [5.41, 5.74) is 0.139. The molecular formula is C20H46O2Si2. The second-order valence-corrected chi connectivity index (χ2v) is 20.2. The lowest BCUT2D eigenvalue weighted by Crippen LogP contribution is -2.48. The third kappa shape index (κ3) is 8.16. The SMILES string of the molecule is CC(C)CCC(CO[Si](C)(C)C)(CO[Si](C)(C)C(C)(C)C)C(C)C. The van der Waals surface area contributed by atoms with Gasteiger partial charge in [0.05, 0.1) is 0 Å². The van der Waals surface area contributed by atoms with Crippen LogP contribution in [-0.2, 0) is 8.85 Å². The van der Waals surface area contributed by atoms with Crippen LogP contribution >= 0.6 is 0 Å². The van der Waals surface area contributed by atoms with Gasteiger partial charge >= 0.3 is 0 Å². The Bertz CT molecular complexity index is 365. The van der Waals surface area contributed by atoms with Gasteiger partial charge in [0.15, 0.2) is 16.6 Å². The largest absolute Gasteiger partial charge is 0.417 e. The van der Waals surface area contributed by atoms with Crippen molar-refractivity contribution in [1.29, 1.82) is 0 Å². The second kappa shape index (κ2) is 8.83. The molecule has 0 aromatic rings. The zero-order valence-corrected chi connectivity index (χ0v) is 20.8. The van der Waals surface area contributed by atoms with Crippen molar-refractivity contribution in [3.8, 4) is 0 Å². The zero-order chi connectivity index (χ0) is 19.4. The van der Waals surface area contributed by atoms with Crippen molar-refractivity contribution in [3.63, 3.8) is 0 Å². The molecule has 0 aliphatic carbocycles. The molecule has 0 N–H and O–H groups in total. The van der Waals surface area contributed by atoms with Crippen LogP contribution in [0, 0.1) is 17.3 Å². The molecule has 4 heteroatoms. The fraction of sp³-hybridized carbons (Fsp3) is 1.00. The van der Waals surface area contributed by atoms with Crippen LogP contribution in [0.25, 0.3) is 0 Å². The highest BCUT2D eigenvalue weighted by molar-refractivity contribution is 6.74. The molecule has 0 heterocycles. The average molecular weight is 375 g/mol. The monoisotopic (exact) mass is 374 g/mol. The minimum Gasteiger partial charge on any atom is -0.417 e. The summed E-state index contributed by atoms with van der Waals surface area (Å²) in [7, 11) is -3.26. The van der Waals surface area contributed by atoms with Crippen LogP contribution in [-0.4, -0.2) is 29.8 Å². The highest BCUT2D eigenvalue weighted by atomic mass is 28.4. The Labute approximate surface area is 155 Å². The van der Waals surface area contributed by atoms with Crippen molar-refractivity contribution in [2.75, 3.05) is 13.2 Å². The third-order valence-electron chi connectivity index (χ3n) is 5.76. The first kappa shape index (κ1) is 24.4. The molecule has 1 atom stereocenters. The van der Waals surface area contributed by atoms with Gasteiger partial charge in [-0.3, -0.25) is 0 Å². The molecule has 0 bridgehead atoms. The molecule has 1 unspecified atom stereocenters. The molecule has 0 spiro atoms. The zero-order valence-electron chi connectivity index (χ0n) is 18.8. The smallest absolute Gasteiger partial charge is 0.192 e.